The van der Waals surface area contributed by atoms with Crippen molar-refractivity contribution in [2.75, 3.05) is 13.7 Å². The Kier molecular flexibility index (Phi) is 5.45. The lowest BCUT2D eigenvalue weighted by Crippen LogP contribution is -2.27. The van der Waals surface area contributed by atoms with Gasteiger partial charge in [-0.2, -0.15) is 0 Å². The van der Waals surface area contributed by atoms with E-state index in [1.165, 1.54) is 24.2 Å². The number of nitrogens with one attached hydrogen (secondary N) is 1. The summed E-state index contributed by atoms with van der Waals surface area (Å²) >= 11 is 0. The number of hydrogen-bond acceptors (Lipinski definition) is 6. The molecule has 0 bridgehead atoms. The van der Waals surface area contributed by atoms with E-state index < -0.39 is 10.9 Å². The molecule has 1 rings (SSSR count). The maximum absolute atomic E-state index is 11.4. The number of amides is 1. The second kappa shape index (κ2) is 7.09. The molecule has 0 saturated heterocycles. The van der Waals surface area contributed by atoms with Crippen molar-refractivity contribution < 1.29 is 19.2 Å². The lowest BCUT2D eigenvalue weighted by molar-refractivity contribution is -0.389. The highest BCUT2D eigenvalue weighted by atomic mass is 16.6. The Morgan fingerprint density at radius 3 is 2.84 bits per heavy atom. The number of aromatic nitrogens is 2. The highest BCUT2D eigenvalue weighted by Crippen LogP contribution is 2.05. The number of nitrogens with zero attached hydrogens (tertiary/aromatic N) is 3. The van der Waals surface area contributed by atoms with Crippen LogP contribution in [0, 0.1) is 10.1 Å². The van der Waals surface area contributed by atoms with E-state index in [1.807, 2.05) is 0 Å². The number of aryl methyl sites for hydroxylation is 1. The fourth-order valence-corrected chi connectivity index (χ4v) is 1.29. The number of nitro groups is 1. The van der Waals surface area contributed by atoms with E-state index in [9.17, 15) is 19.7 Å². The molecule has 9 heteroatoms. The lowest BCUT2D eigenvalue weighted by atomic mass is 10.3. The molecule has 0 saturated carbocycles. The van der Waals surface area contributed by atoms with Gasteiger partial charge >= 0.3 is 11.8 Å². The first-order valence-corrected chi connectivity index (χ1v) is 5.52. The number of carbonyl (C=O) groups is 2. The minimum absolute atomic E-state index is 0.110. The summed E-state index contributed by atoms with van der Waals surface area (Å²) < 4.78 is 5.88. The molecule has 1 aromatic heterocycles. The molecule has 1 amide bonds. The average molecular weight is 270 g/mol. The van der Waals surface area contributed by atoms with Crippen LogP contribution in [0.3, 0.4) is 0 Å². The number of imidazole rings is 1. The second-order valence-corrected chi connectivity index (χ2v) is 3.65. The molecule has 1 heterocycles. The molecular weight excluding hydrogens is 256 g/mol. The van der Waals surface area contributed by atoms with Gasteiger partial charge in [-0.05, 0) is 9.91 Å². The van der Waals surface area contributed by atoms with E-state index in [0.717, 1.165) is 0 Å². The Bertz CT molecular complexity index is 470. The molecule has 0 unspecified atom stereocenters. The summed E-state index contributed by atoms with van der Waals surface area (Å²) in [4.78, 5) is 35.5. The normalized spacial score (nSPS) is 9.95. The van der Waals surface area contributed by atoms with E-state index >= 15 is 0 Å². The maximum Gasteiger partial charge on any atom is 0.381 e. The third kappa shape index (κ3) is 5.15. The van der Waals surface area contributed by atoms with Crippen LogP contribution in [-0.2, 0) is 20.9 Å². The molecule has 1 N–H and O–H groups in total. The zero-order valence-corrected chi connectivity index (χ0v) is 10.4. The molecule has 1 aromatic rings. The Hall–Kier alpha value is -2.45. The number of rotatable bonds is 7. The van der Waals surface area contributed by atoms with E-state index in [-0.39, 0.29) is 37.7 Å². The van der Waals surface area contributed by atoms with Gasteiger partial charge in [-0.25, -0.2) is 0 Å². The number of ether oxygens (including phenoxy) is 1. The van der Waals surface area contributed by atoms with Gasteiger partial charge < -0.3 is 24.7 Å². The van der Waals surface area contributed by atoms with Crippen molar-refractivity contribution in [3.63, 3.8) is 0 Å². The van der Waals surface area contributed by atoms with Gasteiger partial charge in [0, 0.05) is 19.5 Å². The topological polar surface area (TPSA) is 116 Å². The lowest BCUT2D eigenvalue weighted by Gasteiger charge is -2.04. The van der Waals surface area contributed by atoms with Crippen LogP contribution in [0.25, 0.3) is 0 Å². The molecule has 0 fully saturated rings. The molecule has 0 spiro atoms. The fraction of sp³-hybridized carbons (Fsp3) is 0.500. The first-order valence-electron chi connectivity index (χ1n) is 5.52. The summed E-state index contributed by atoms with van der Waals surface area (Å²) in [5.74, 6) is -0.906. The molecule has 19 heavy (non-hydrogen) atoms. The number of methoxy groups -OCH3 is 1. The van der Waals surface area contributed by atoms with Crippen molar-refractivity contribution in [2.24, 2.45) is 0 Å². The van der Waals surface area contributed by atoms with Crippen LogP contribution < -0.4 is 5.32 Å². The molecule has 0 aromatic carbocycles. The summed E-state index contributed by atoms with van der Waals surface area (Å²) in [6, 6.07) is 0. The van der Waals surface area contributed by atoms with Crippen molar-refractivity contribution in [2.45, 2.75) is 19.4 Å². The van der Waals surface area contributed by atoms with Gasteiger partial charge in [0.05, 0.1) is 13.5 Å². The summed E-state index contributed by atoms with van der Waals surface area (Å²) in [6.45, 7) is 0.487. The van der Waals surface area contributed by atoms with Gasteiger partial charge in [0.2, 0.25) is 12.2 Å². The van der Waals surface area contributed by atoms with Crippen molar-refractivity contribution in [3.05, 3.63) is 22.6 Å². The molecule has 104 valence electrons. The van der Waals surface area contributed by atoms with Crippen LogP contribution in [0.15, 0.2) is 12.5 Å². The number of hydrogen-bond donors (Lipinski definition) is 1. The van der Waals surface area contributed by atoms with Crippen molar-refractivity contribution in [1.29, 1.82) is 0 Å². The highest BCUT2D eigenvalue weighted by Gasteiger charge is 2.10. The fourth-order valence-electron chi connectivity index (χ4n) is 1.29. The van der Waals surface area contributed by atoms with Gasteiger partial charge in [-0.15, -0.1) is 0 Å². The van der Waals surface area contributed by atoms with Gasteiger partial charge in [0.15, 0.2) is 0 Å². The van der Waals surface area contributed by atoms with E-state index in [0.29, 0.717) is 0 Å². The van der Waals surface area contributed by atoms with Crippen LogP contribution >= 0.6 is 0 Å². The van der Waals surface area contributed by atoms with Gasteiger partial charge in [-0.3, -0.25) is 9.59 Å². The first-order chi connectivity index (χ1) is 9.02. The molecule has 0 aliphatic rings. The number of esters is 1. The summed E-state index contributed by atoms with van der Waals surface area (Å²) in [6.07, 6.45) is 2.80. The quantitative estimate of drug-likeness (QED) is 0.418. The van der Waals surface area contributed by atoms with Crippen molar-refractivity contribution >= 4 is 17.7 Å². The zero-order chi connectivity index (χ0) is 14.3. The zero-order valence-electron chi connectivity index (χ0n) is 10.4. The Balaban J connectivity index is 2.26. The molecule has 0 aliphatic carbocycles. The van der Waals surface area contributed by atoms with Crippen LogP contribution in [0.2, 0.25) is 0 Å². The SMILES string of the molecule is COC(=O)CCNC(=O)CCn1cnc([N+](=O)[O-])c1. The Labute approximate surface area is 108 Å². The van der Waals surface area contributed by atoms with Gasteiger partial charge in [0.25, 0.3) is 0 Å². The van der Waals surface area contributed by atoms with Crippen LogP contribution in [-0.4, -0.2) is 40.0 Å². The molecule has 0 atom stereocenters. The molecular formula is C10H14N4O5. The second-order valence-electron chi connectivity index (χ2n) is 3.65. The Morgan fingerprint density at radius 1 is 1.53 bits per heavy atom. The molecule has 0 aliphatic heterocycles. The third-order valence-electron chi connectivity index (χ3n) is 2.28. The third-order valence-corrected chi connectivity index (χ3v) is 2.28. The van der Waals surface area contributed by atoms with Crippen LogP contribution in [0.1, 0.15) is 12.8 Å². The smallest absolute Gasteiger partial charge is 0.381 e. The highest BCUT2D eigenvalue weighted by molar-refractivity contribution is 5.76. The van der Waals surface area contributed by atoms with E-state index in [2.05, 4.69) is 15.0 Å². The average Bonchev–Trinajstić information content (AvgIpc) is 2.85. The standard InChI is InChI=1S/C10H14N4O5/c1-19-10(16)2-4-11-9(15)3-5-13-6-8(12-7-13)14(17)18/h6-7H,2-5H2,1H3,(H,11,15). The van der Waals surface area contributed by atoms with Crippen LogP contribution in [0.4, 0.5) is 5.82 Å². The number of carbonyl (C=O) groups excluding carboxylic acids is 2. The minimum atomic E-state index is -0.604. The monoisotopic (exact) mass is 270 g/mol. The molecule has 0 radical (unpaired) electrons. The predicted molar refractivity (Wildman–Crippen MR) is 63.1 cm³/mol. The molecule has 9 nitrogen and oxygen atoms in total. The van der Waals surface area contributed by atoms with Crippen molar-refractivity contribution in [1.82, 2.24) is 14.9 Å². The van der Waals surface area contributed by atoms with Crippen molar-refractivity contribution in [3.8, 4) is 0 Å². The predicted octanol–water partition coefficient (Wildman–Crippen LogP) is -0.139. The van der Waals surface area contributed by atoms with E-state index in [4.69, 9.17) is 0 Å². The van der Waals surface area contributed by atoms with Crippen LogP contribution in [0.5, 0.6) is 0 Å². The summed E-state index contributed by atoms with van der Waals surface area (Å²) in [5.41, 5.74) is 0. The first kappa shape index (κ1) is 14.6. The summed E-state index contributed by atoms with van der Waals surface area (Å²) in [5, 5.41) is 12.9. The Morgan fingerprint density at radius 2 is 2.26 bits per heavy atom. The maximum atomic E-state index is 11.4. The largest absolute Gasteiger partial charge is 0.469 e. The summed E-state index contributed by atoms with van der Waals surface area (Å²) in [7, 11) is 1.27. The van der Waals surface area contributed by atoms with Gasteiger partial charge in [0.1, 0.15) is 6.20 Å². The minimum Gasteiger partial charge on any atom is -0.469 e. The van der Waals surface area contributed by atoms with Gasteiger partial charge in [-0.1, -0.05) is 0 Å². The van der Waals surface area contributed by atoms with E-state index in [1.54, 1.807) is 0 Å².